The largest absolute Gasteiger partial charge is 0.297 e. The SMILES string of the molecule is CC(=O)C1NC(C#N)CS1. The molecule has 1 aliphatic rings. The number of carbonyl (C=O) groups is 1. The smallest absolute Gasteiger partial charge is 0.156 e. The van der Waals surface area contributed by atoms with Gasteiger partial charge < -0.3 is 0 Å². The normalized spacial score (nSPS) is 31.6. The Morgan fingerprint density at radius 2 is 2.60 bits per heavy atom. The van der Waals surface area contributed by atoms with Gasteiger partial charge in [-0.15, -0.1) is 11.8 Å². The lowest BCUT2D eigenvalue weighted by Gasteiger charge is -2.02. The minimum Gasteiger partial charge on any atom is -0.297 e. The molecule has 3 nitrogen and oxygen atoms in total. The lowest BCUT2D eigenvalue weighted by Crippen LogP contribution is -2.32. The molecule has 1 saturated heterocycles. The summed E-state index contributed by atoms with van der Waals surface area (Å²) in [6, 6.07) is 1.92. The van der Waals surface area contributed by atoms with E-state index in [1.54, 1.807) is 0 Å². The van der Waals surface area contributed by atoms with Crippen LogP contribution in [0.5, 0.6) is 0 Å². The van der Waals surface area contributed by atoms with Crippen molar-refractivity contribution in [1.29, 1.82) is 5.26 Å². The van der Waals surface area contributed by atoms with E-state index < -0.39 is 0 Å². The molecule has 0 aliphatic carbocycles. The molecule has 0 aromatic carbocycles. The van der Waals surface area contributed by atoms with E-state index in [2.05, 4.69) is 11.4 Å². The molecule has 0 aromatic rings. The van der Waals surface area contributed by atoms with E-state index in [-0.39, 0.29) is 17.2 Å². The van der Waals surface area contributed by atoms with Gasteiger partial charge in [0, 0.05) is 5.75 Å². The molecule has 54 valence electrons. The average Bonchev–Trinajstić information content (AvgIpc) is 2.34. The molecule has 0 bridgehead atoms. The van der Waals surface area contributed by atoms with Gasteiger partial charge in [-0.05, 0) is 6.92 Å². The highest BCUT2D eigenvalue weighted by molar-refractivity contribution is 8.00. The summed E-state index contributed by atoms with van der Waals surface area (Å²) in [5, 5.41) is 11.2. The van der Waals surface area contributed by atoms with Crippen LogP contribution in [-0.2, 0) is 4.79 Å². The van der Waals surface area contributed by atoms with Gasteiger partial charge in [-0.3, -0.25) is 10.1 Å². The Hall–Kier alpha value is -0.530. The summed E-state index contributed by atoms with van der Waals surface area (Å²) in [5.41, 5.74) is 0. The molecule has 1 heterocycles. The number of rotatable bonds is 1. The van der Waals surface area contributed by atoms with Gasteiger partial charge in [0.05, 0.1) is 6.07 Å². The number of nitriles is 1. The lowest BCUT2D eigenvalue weighted by molar-refractivity contribution is -0.116. The van der Waals surface area contributed by atoms with Crippen molar-refractivity contribution >= 4 is 17.5 Å². The number of thioether (sulfide) groups is 1. The molecule has 1 N–H and O–H groups in total. The highest BCUT2D eigenvalue weighted by Crippen LogP contribution is 2.18. The average molecular weight is 156 g/mol. The first kappa shape index (κ1) is 7.58. The van der Waals surface area contributed by atoms with E-state index in [9.17, 15) is 4.79 Å². The van der Waals surface area contributed by atoms with Crippen molar-refractivity contribution in [2.75, 3.05) is 5.75 Å². The van der Waals surface area contributed by atoms with Crippen molar-refractivity contribution < 1.29 is 4.79 Å². The van der Waals surface area contributed by atoms with Gasteiger partial charge in [-0.2, -0.15) is 5.26 Å². The number of nitrogens with zero attached hydrogens (tertiary/aromatic N) is 1. The molecule has 1 aliphatic heterocycles. The topological polar surface area (TPSA) is 52.9 Å². The van der Waals surface area contributed by atoms with Crippen molar-refractivity contribution in [1.82, 2.24) is 5.32 Å². The first-order valence-electron chi connectivity index (χ1n) is 3.02. The second-order valence-electron chi connectivity index (χ2n) is 2.17. The second kappa shape index (κ2) is 3.04. The molecule has 1 fully saturated rings. The number of hydrogen-bond donors (Lipinski definition) is 1. The van der Waals surface area contributed by atoms with Crippen LogP contribution in [0.25, 0.3) is 0 Å². The van der Waals surface area contributed by atoms with Gasteiger partial charge >= 0.3 is 0 Å². The highest BCUT2D eigenvalue weighted by Gasteiger charge is 2.26. The molecule has 2 atom stereocenters. The molecule has 0 spiro atoms. The molecular weight excluding hydrogens is 148 g/mol. The fourth-order valence-electron chi connectivity index (χ4n) is 0.781. The third kappa shape index (κ3) is 1.49. The van der Waals surface area contributed by atoms with E-state index in [4.69, 9.17) is 5.26 Å². The van der Waals surface area contributed by atoms with Crippen LogP contribution in [0.2, 0.25) is 0 Å². The molecule has 0 aromatic heterocycles. The Labute approximate surface area is 63.8 Å². The Balaban J connectivity index is 2.45. The summed E-state index contributed by atoms with van der Waals surface area (Å²) < 4.78 is 0. The Bertz CT molecular complexity index is 187. The van der Waals surface area contributed by atoms with Gasteiger partial charge in [0.15, 0.2) is 5.78 Å². The van der Waals surface area contributed by atoms with Crippen molar-refractivity contribution in [3.8, 4) is 6.07 Å². The minimum absolute atomic E-state index is 0.0998. The van der Waals surface area contributed by atoms with Crippen molar-refractivity contribution in [2.24, 2.45) is 0 Å². The van der Waals surface area contributed by atoms with Crippen LogP contribution >= 0.6 is 11.8 Å². The maximum absolute atomic E-state index is 10.7. The Kier molecular flexibility index (Phi) is 2.30. The van der Waals surface area contributed by atoms with Crippen LogP contribution in [0.15, 0.2) is 0 Å². The Morgan fingerprint density at radius 1 is 1.90 bits per heavy atom. The summed E-state index contributed by atoms with van der Waals surface area (Å²) in [6.07, 6.45) is 0. The molecular formula is C6H8N2OS. The maximum atomic E-state index is 10.7. The van der Waals surface area contributed by atoms with Crippen LogP contribution in [0, 0.1) is 11.3 Å². The molecule has 1 rings (SSSR count). The van der Waals surface area contributed by atoms with E-state index in [1.807, 2.05) is 0 Å². The van der Waals surface area contributed by atoms with Crippen molar-refractivity contribution in [3.63, 3.8) is 0 Å². The fourth-order valence-corrected chi connectivity index (χ4v) is 1.83. The van der Waals surface area contributed by atoms with Crippen molar-refractivity contribution in [2.45, 2.75) is 18.3 Å². The number of nitrogens with one attached hydrogen (secondary N) is 1. The standard InChI is InChI=1S/C6H8N2OS/c1-4(9)6-8-5(2-7)3-10-6/h5-6,8H,3H2,1H3. The minimum atomic E-state index is -0.148. The highest BCUT2D eigenvalue weighted by atomic mass is 32.2. The van der Waals surface area contributed by atoms with Gasteiger partial charge in [0.2, 0.25) is 0 Å². The summed E-state index contributed by atoms with van der Waals surface area (Å²) in [6.45, 7) is 1.53. The first-order chi connectivity index (χ1) is 4.74. The van der Waals surface area contributed by atoms with Gasteiger partial charge in [-0.1, -0.05) is 0 Å². The van der Waals surface area contributed by atoms with Crippen LogP contribution in [-0.4, -0.2) is 23.0 Å². The summed E-state index contributed by atoms with van der Waals surface area (Å²) in [4.78, 5) is 10.7. The fraction of sp³-hybridized carbons (Fsp3) is 0.667. The van der Waals surface area contributed by atoms with Gasteiger partial charge in [0.25, 0.3) is 0 Å². The number of Topliss-reactive ketones (excluding diaryl/α,β-unsaturated/α-hetero) is 1. The van der Waals surface area contributed by atoms with E-state index in [1.165, 1.54) is 18.7 Å². The molecule has 0 amide bonds. The molecule has 0 radical (unpaired) electrons. The van der Waals surface area contributed by atoms with E-state index in [0.717, 1.165) is 5.75 Å². The zero-order valence-electron chi connectivity index (χ0n) is 5.63. The maximum Gasteiger partial charge on any atom is 0.156 e. The predicted molar refractivity (Wildman–Crippen MR) is 39.5 cm³/mol. The molecule has 2 unspecified atom stereocenters. The molecule has 10 heavy (non-hydrogen) atoms. The second-order valence-corrected chi connectivity index (χ2v) is 3.31. The summed E-state index contributed by atoms with van der Waals surface area (Å²) >= 11 is 1.50. The van der Waals surface area contributed by atoms with Crippen LogP contribution in [0.1, 0.15) is 6.92 Å². The Morgan fingerprint density at radius 3 is 2.90 bits per heavy atom. The molecule has 0 saturated carbocycles. The van der Waals surface area contributed by atoms with E-state index in [0.29, 0.717) is 0 Å². The first-order valence-corrected chi connectivity index (χ1v) is 4.06. The number of ketones is 1. The number of hydrogen-bond acceptors (Lipinski definition) is 4. The number of carbonyl (C=O) groups excluding carboxylic acids is 1. The third-order valence-electron chi connectivity index (χ3n) is 1.31. The summed E-state index contributed by atoms with van der Waals surface area (Å²) in [7, 11) is 0. The van der Waals surface area contributed by atoms with Gasteiger partial charge in [0.1, 0.15) is 11.4 Å². The monoisotopic (exact) mass is 156 g/mol. The van der Waals surface area contributed by atoms with Crippen LogP contribution in [0.3, 0.4) is 0 Å². The lowest BCUT2D eigenvalue weighted by atomic mass is 10.3. The van der Waals surface area contributed by atoms with Crippen LogP contribution in [0.4, 0.5) is 0 Å². The molecule has 4 heteroatoms. The van der Waals surface area contributed by atoms with Gasteiger partial charge in [-0.25, -0.2) is 0 Å². The predicted octanol–water partition coefficient (Wildman–Crippen LogP) is 0.130. The van der Waals surface area contributed by atoms with Crippen LogP contribution < -0.4 is 5.32 Å². The quantitative estimate of drug-likeness (QED) is 0.586. The zero-order chi connectivity index (χ0) is 7.56. The zero-order valence-corrected chi connectivity index (χ0v) is 6.44. The van der Waals surface area contributed by atoms with E-state index >= 15 is 0 Å². The van der Waals surface area contributed by atoms with Crippen molar-refractivity contribution in [3.05, 3.63) is 0 Å². The summed E-state index contributed by atoms with van der Waals surface area (Å²) in [5.74, 6) is 0.823. The third-order valence-corrected chi connectivity index (χ3v) is 2.63.